The highest BCUT2D eigenvalue weighted by atomic mass is 15.3. The number of aryl methyl sites for hydroxylation is 2. The standard InChI is InChI=1S/C55H52N8/c1-7-56-49-33(3)58-53(60-51(49)40-26-17-21-35-19-9-11-23-37(35)40)62-45-29-15-13-25-39(45)42-31-44-48(32-47(42)62)63(46-30-16-14-28-43(46)55(44,5)6)54-59-34(4)50(57-8-2)52(61-54)41-27-18-22-36-20-10-12-24-38(36)41/h7-8,10-16,20,22-26,28-32,35,37H,9,17-19,21,27H2,1-6H3. The number of benzene rings is 4. The van der Waals surface area contributed by atoms with Crippen LogP contribution in [0.5, 0.6) is 0 Å². The fourth-order valence-electron chi connectivity index (χ4n) is 11.0. The Balaban J connectivity index is 1.19. The molecule has 2 unspecified atom stereocenters. The monoisotopic (exact) mass is 824 g/mol. The molecule has 0 amide bonds. The van der Waals surface area contributed by atoms with Crippen molar-refractivity contribution < 1.29 is 0 Å². The molecule has 0 saturated heterocycles. The van der Waals surface area contributed by atoms with Gasteiger partial charge in [-0.3, -0.25) is 19.5 Å². The average Bonchev–Trinajstić information content (AvgIpc) is 3.63. The molecule has 0 N–H and O–H groups in total. The van der Waals surface area contributed by atoms with Crippen LogP contribution in [0.25, 0.3) is 45.0 Å². The molecule has 0 radical (unpaired) electrons. The molecule has 8 nitrogen and oxygen atoms in total. The van der Waals surface area contributed by atoms with E-state index in [9.17, 15) is 0 Å². The van der Waals surface area contributed by atoms with E-state index >= 15 is 0 Å². The number of aliphatic imine (C=N–C) groups is 2. The summed E-state index contributed by atoms with van der Waals surface area (Å²) in [6.07, 6.45) is 19.6. The summed E-state index contributed by atoms with van der Waals surface area (Å²) in [5.41, 5.74) is 13.9. The molecular formula is C55H52N8. The van der Waals surface area contributed by atoms with Crippen molar-refractivity contribution in [2.75, 3.05) is 4.90 Å². The zero-order chi connectivity index (χ0) is 43.0. The van der Waals surface area contributed by atoms with Crippen LogP contribution in [0, 0.1) is 25.7 Å². The predicted octanol–water partition coefficient (Wildman–Crippen LogP) is 12.1. The van der Waals surface area contributed by atoms with Crippen molar-refractivity contribution in [1.82, 2.24) is 24.5 Å². The van der Waals surface area contributed by atoms with Gasteiger partial charge in [0.2, 0.25) is 11.9 Å². The summed E-state index contributed by atoms with van der Waals surface area (Å²) >= 11 is 0. The van der Waals surface area contributed by atoms with E-state index in [1.807, 2.05) is 26.3 Å². The highest BCUT2D eigenvalue weighted by Crippen LogP contribution is 2.54. The topological polar surface area (TPSA) is 84.5 Å². The maximum atomic E-state index is 5.58. The van der Waals surface area contributed by atoms with Crippen LogP contribution in [0.2, 0.25) is 0 Å². The van der Waals surface area contributed by atoms with E-state index in [4.69, 9.17) is 29.9 Å². The number of aromatic nitrogens is 5. The molecule has 2 atom stereocenters. The van der Waals surface area contributed by atoms with Crippen LogP contribution < -0.4 is 15.3 Å². The Kier molecular flexibility index (Phi) is 9.44. The van der Waals surface area contributed by atoms with Crippen LogP contribution in [-0.2, 0) is 5.41 Å². The van der Waals surface area contributed by atoms with E-state index in [0.717, 1.165) is 93.0 Å². The first-order valence-electron chi connectivity index (χ1n) is 22.6. The van der Waals surface area contributed by atoms with Gasteiger partial charge in [-0.05, 0) is 129 Å². The number of allylic oxidation sites excluding steroid dienone is 4. The van der Waals surface area contributed by atoms with Crippen molar-refractivity contribution in [2.24, 2.45) is 21.8 Å². The van der Waals surface area contributed by atoms with Crippen molar-refractivity contribution in [1.29, 1.82) is 0 Å². The predicted molar refractivity (Wildman–Crippen MR) is 260 cm³/mol. The van der Waals surface area contributed by atoms with E-state index in [1.54, 1.807) is 0 Å². The SMILES string of the molecule is CC=Nc1c(C)nc(-n2c3ccccc3c3cc4c(cc32)N(c2nc(C)c(N=CC)c(C3=c5ccccc5=CCC3)n2)c2ccccc2C4(C)C)nc1C1=CCCC2CCC=CC12. The van der Waals surface area contributed by atoms with Gasteiger partial charge in [0.1, 0.15) is 11.4 Å². The second-order valence-corrected chi connectivity index (χ2v) is 17.9. The third-order valence-electron chi connectivity index (χ3n) is 14.0. The summed E-state index contributed by atoms with van der Waals surface area (Å²) in [4.78, 5) is 33.9. The van der Waals surface area contributed by atoms with E-state index in [2.05, 4.69) is 146 Å². The molecular weight excluding hydrogens is 773 g/mol. The fraction of sp³-hybridized carbons (Fsp3) is 0.273. The van der Waals surface area contributed by atoms with Gasteiger partial charge >= 0.3 is 0 Å². The van der Waals surface area contributed by atoms with Gasteiger partial charge in [-0.15, -0.1) is 0 Å². The Morgan fingerprint density at radius 3 is 2.22 bits per heavy atom. The van der Waals surface area contributed by atoms with Crippen molar-refractivity contribution in [3.8, 4) is 5.95 Å². The van der Waals surface area contributed by atoms with E-state index < -0.39 is 0 Å². The average molecular weight is 825 g/mol. The minimum absolute atomic E-state index is 0.322. The third-order valence-corrected chi connectivity index (χ3v) is 14.0. The Bertz CT molecular complexity index is 3290. The largest absolute Gasteiger partial charge is 0.278 e. The molecule has 0 bridgehead atoms. The van der Waals surface area contributed by atoms with Crippen LogP contribution in [0.4, 0.5) is 28.7 Å². The molecule has 0 saturated carbocycles. The molecule has 1 aliphatic heterocycles. The minimum Gasteiger partial charge on any atom is -0.278 e. The van der Waals surface area contributed by atoms with E-state index in [1.165, 1.54) is 45.6 Å². The van der Waals surface area contributed by atoms with Gasteiger partial charge in [-0.2, -0.15) is 0 Å². The van der Waals surface area contributed by atoms with Crippen molar-refractivity contribution in [2.45, 2.75) is 85.5 Å². The first-order valence-corrected chi connectivity index (χ1v) is 22.6. The maximum Gasteiger partial charge on any atom is 0.235 e. The summed E-state index contributed by atoms with van der Waals surface area (Å²) in [5.74, 6) is 2.21. The molecule has 11 rings (SSSR count). The number of hydrogen-bond acceptors (Lipinski definition) is 7. The summed E-state index contributed by atoms with van der Waals surface area (Å²) in [6, 6.07) is 30.8. The van der Waals surface area contributed by atoms with E-state index in [0.29, 0.717) is 23.7 Å². The summed E-state index contributed by atoms with van der Waals surface area (Å²) < 4.78 is 2.27. The molecule has 4 heterocycles. The van der Waals surface area contributed by atoms with Crippen LogP contribution in [0.3, 0.4) is 0 Å². The van der Waals surface area contributed by atoms with Crippen LogP contribution in [0.15, 0.2) is 113 Å². The molecule has 312 valence electrons. The van der Waals surface area contributed by atoms with Gasteiger partial charge in [-0.25, -0.2) is 19.9 Å². The van der Waals surface area contributed by atoms with Crippen molar-refractivity contribution >= 4 is 80.2 Å². The van der Waals surface area contributed by atoms with E-state index in [-0.39, 0.29) is 5.41 Å². The number of para-hydroxylation sites is 2. The third kappa shape index (κ3) is 6.16. The lowest BCUT2D eigenvalue weighted by atomic mass is 9.72. The van der Waals surface area contributed by atoms with Crippen molar-refractivity contribution in [3.63, 3.8) is 0 Å². The van der Waals surface area contributed by atoms with Crippen molar-refractivity contribution in [3.05, 3.63) is 147 Å². The summed E-state index contributed by atoms with van der Waals surface area (Å²) in [5, 5.41) is 4.75. The summed E-state index contributed by atoms with van der Waals surface area (Å²) in [7, 11) is 0. The Morgan fingerprint density at radius 1 is 0.667 bits per heavy atom. The lowest BCUT2D eigenvalue weighted by Crippen LogP contribution is -2.32. The number of rotatable bonds is 6. The smallest absolute Gasteiger partial charge is 0.235 e. The fourth-order valence-corrected chi connectivity index (χ4v) is 11.0. The molecule has 7 aromatic rings. The van der Waals surface area contributed by atoms with Gasteiger partial charge in [0.05, 0.1) is 45.2 Å². The normalized spacial score (nSPS) is 19.0. The minimum atomic E-state index is -0.339. The molecule has 4 aliphatic rings. The molecule has 63 heavy (non-hydrogen) atoms. The lowest BCUT2D eigenvalue weighted by Gasteiger charge is -2.41. The van der Waals surface area contributed by atoms with Gasteiger partial charge < -0.3 is 0 Å². The Labute approximate surface area is 368 Å². The first-order chi connectivity index (χ1) is 30.8. The summed E-state index contributed by atoms with van der Waals surface area (Å²) in [6.45, 7) is 12.8. The molecule has 0 spiro atoms. The number of anilines is 3. The molecule has 4 aromatic carbocycles. The van der Waals surface area contributed by atoms with Crippen LogP contribution in [0.1, 0.15) is 100 Å². The second-order valence-electron chi connectivity index (χ2n) is 17.9. The quantitative estimate of drug-likeness (QED) is 0.123. The van der Waals surface area contributed by atoms with Crippen LogP contribution in [-0.4, -0.2) is 36.9 Å². The molecule has 8 heteroatoms. The first kappa shape index (κ1) is 39.1. The number of hydrogen-bond donors (Lipinski definition) is 0. The Hall–Kier alpha value is -6.80. The highest BCUT2D eigenvalue weighted by Gasteiger charge is 2.39. The zero-order valence-corrected chi connectivity index (χ0v) is 37.0. The van der Waals surface area contributed by atoms with Gasteiger partial charge in [0, 0.05) is 34.5 Å². The Morgan fingerprint density at radius 2 is 1.38 bits per heavy atom. The molecule has 3 aliphatic carbocycles. The second kappa shape index (κ2) is 15.2. The zero-order valence-electron chi connectivity index (χ0n) is 37.0. The number of fused-ring (bicyclic) bond motifs is 7. The lowest BCUT2D eigenvalue weighted by molar-refractivity contribution is 0.378. The van der Waals surface area contributed by atoms with Gasteiger partial charge in [-0.1, -0.05) is 98.8 Å². The van der Waals surface area contributed by atoms with Gasteiger partial charge in [0.25, 0.3) is 0 Å². The molecule has 3 aromatic heterocycles. The highest BCUT2D eigenvalue weighted by molar-refractivity contribution is 6.11. The number of nitrogens with zero attached hydrogens (tertiary/aromatic N) is 8. The van der Waals surface area contributed by atoms with Gasteiger partial charge in [0.15, 0.2) is 0 Å². The maximum absolute atomic E-state index is 5.58. The molecule has 0 fully saturated rings. The van der Waals surface area contributed by atoms with Crippen LogP contribution >= 0.6 is 0 Å².